The summed E-state index contributed by atoms with van der Waals surface area (Å²) in [4.78, 5) is 4.12. The van der Waals surface area contributed by atoms with E-state index in [0.717, 1.165) is 43.2 Å². The number of fused-ring (bicyclic) bond motifs is 2. The monoisotopic (exact) mass is 343 g/mol. The molecule has 25 heavy (non-hydrogen) atoms. The first-order valence-corrected chi connectivity index (χ1v) is 8.79. The van der Waals surface area contributed by atoms with Gasteiger partial charge in [0.1, 0.15) is 5.70 Å². The van der Waals surface area contributed by atoms with Crippen LogP contribution >= 0.6 is 11.3 Å². The predicted molar refractivity (Wildman–Crippen MR) is 101 cm³/mol. The number of thiophene rings is 1. The number of aromatic hydroxyl groups is 1. The molecule has 4 aromatic rings. The fourth-order valence-electron chi connectivity index (χ4n) is 3.14. The second kappa shape index (κ2) is 5.43. The van der Waals surface area contributed by atoms with Crippen molar-refractivity contribution in [2.24, 2.45) is 10.2 Å². The molecule has 120 valence electrons. The molecule has 0 spiro atoms. The van der Waals surface area contributed by atoms with Gasteiger partial charge >= 0.3 is 0 Å². The molecule has 0 aliphatic carbocycles. The Bertz CT molecular complexity index is 1250. The van der Waals surface area contributed by atoms with E-state index in [-0.39, 0.29) is 5.88 Å². The first-order valence-electron chi connectivity index (χ1n) is 7.91. The summed E-state index contributed by atoms with van der Waals surface area (Å²) in [5, 5.41) is 23.9. The largest absolute Gasteiger partial charge is 0.494 e. The number of azo groups is 1. The van der Waals surface area contributed by atoms with E-state index < -0.39 is 0 Å². The quantitative estimate of drug-likeness (QED) is 0.567. The number of para-hydroxylation sites is 1. The van der Waals surface area contributed by atoms with Crippen LogP contribution in [0.5, 0.6) is 5.88 Å². The van der Waals surface area contributed by atoms with Gasteiger partial charge < -0.3 is 10.1 Å². The van der Waals surface area contributed by atoms with Gasteiger partial charge in [-0.3, -0.25) is 0 Å². The Kier molecular flexibility index (Phi) is 3.08. The fraction of sp³-hybridized carbons (Fsp3) is 0. The van der Waals surface area contributed by atoms with Gasteiger partial charge in [-0.25, -0.2) is 0 Å². The fourth-order valence-corrected chi connectivity index (χ4v) is 3.86. The maximum absolute atomic E-state index is 10.2. The van der Waals surface area contributed by atoms with Crippen molar-refractivity contribution in [3.63, 3.8) is 0 Å². The van der Waals surface area contributed by atoms with E-state index in [1.165, 1.54) is 0 Å². The van der Waals surface area contributed by atoms with Crippen LogP contribution in [0.25, 0.3) is 22.7 Å². The van der Waals surface area contributed by atoms with Crippen LogP contribution < -0.4 is 10.4 Å². The first kappa shape index (κ1) is 14.2. The number of nitrogens with zero attached hydrogens (tertiary/aromatic N) is 2. The zero-order valence-corrected chi connectivity index (χ0v) is 13.9. The van der Waals surface area contributed by atoms with Gasteiger partial charge in [-0.1, -0.05) is 30.3 Å². The van der Waals surface area contributed by atoms with Crippen molar-refractivity contribution in [1.29, 1.82) is 0 Å². The average Bonchev–Trinajstić information content (AvgIpc) is 3.34. The summed E-state index contributed by atoms with van der Waals surface area (Å²) in [6.07, 6.45) is 1.97. The van der Waals surface area contributed by atoms with Crippen molar-refractivity contribution >= 4 is 39.7 Å². The molecule has 4 nitrogen and oxygen atoms in total. The highest BCUT2D eigenvalue weighted by Gasteiger charge is 2.12. The van der Waals surface area contributed by atoms with E-state index in [9.17, 15) is 5.11 Å². The van der Waals surface area contributed by atoms with Crippen LogP contribution in [0.15, 0.2) is 70.2 Å². The molecule has 0 unspecified atom stereocenters. The van der Waals surface area contributed by atoms with Gasteiger partial charge in [0, 0.05) is 21.7 Å². The van der Waals surface area contributed by atoms with Gasteiger partial charge in [-0.2, -0.15) is 0 Å². The summed E-state index contributed by atoms with van der Waals surface area (Å²) in [6, 6.07) is 18.0. The number of aromatic nitrogens is 1. The van der Waals surface area contributed by atoms with Crippen LogP contribution in [-0.4, -0.2) is 10.1 Å². The van der Waals surface area contributed by atoms with Gasteiger partial charge in [-0.05, 0) is 40.9 Å². The minimum atomic E-state index is 0.175. The van der Waals surface area contributed by atoms with Gasteiger partial charge in [0.25, 0.3) is 0 Å². The van der Waals surface area contributed by atoms with Gasteiger partial charge in [0.05, 0.1) is 10.6 Å². The van der Waals surface area contributed by atoms with E-state index in [4.69, 9.17) is 0 Å². The summed E-state index contributed by atoms with van der Waals surface area (Å²) < 4.78 is 0. The molecule has 2 aromatic carbocycles. The maximum atomic E-state index is 10.2. The first-order chi connectivity index (χ1) is 12.3. The number of benzene rings is 2. The standard InChI is InChI=1S/C20H13N3OS/c24-20-15(13-4-1-2-5-16(13)21-20)10-12-7-8-14-17(11-12)22-23-19(14)18-6-3-9-25-18/h1-11,21,24H. The lowest BCUT2D eigenvalue weighted by Crippen LogP contribution is -2.09. The second-order valence-electron chi connectivity index (χ2n) is 5.88. The molecular weight excluding hydrogens is 330 g/mol. The summed E-state index contributed by atoms with van der Waals surface area (Å²) >= 11 is 1.66. The van der Waals surface area contributed by atoms with E-state index in [0.29, 0.717) is 0 Å². The molecule has 0 saturated carbocycles. The van der Waals surface area contributed by atoms with Crippen molar-refractivity contribution in [1.82, 2.24) is 4.98 Å². The van der Waals surface area contributed by atoms with Crippen LogP contribution in [0.4, 0.5) is 5.69 Å². The molecule has 0 atom stereocenters. The van der Waals surface area contributed by atoms with Crippen LogP contribution in [0.3, 0.4) is 0 Å². The van der Waals surface area contributed by atoms with Crippen LogP contribution in [-0.2, 0) is 0 Å². The number of hydrogen-bond acceptors (Lipinski definition) is 4. The van der Waals surface area contributed by atoms with Crippen LogP contribution in [0, 0.1) is 0 Å². The topological polar surface area (TPSA) is 60.7 Å². The molecule has 0 amide bonds. The number of hydrogen-bond donors (Lipinski definition) is 2. The highest BCUT2D eigenvalue weighted by molar-refractivity contribution is 7.11. The lowest BCUT2D eigenvalue weighted by molar-refractivity contribution is 0.457. The van der Waals surface area contributed by atoms with Crippen molar-refractivity contribution in [2.45, 2.75) is 0 Å². The molecule has 0 radical (unpaired) electrons. The lowest BCUT2D eigenvalue weighted by Gasteiger charge is -1.95. The van der Waals surface area contributed by atoms with Gasteiger partial charge in [0.2, 0.25) is 0 Å². The van der Waals surface area contributed by atoms with Crippen LogP contribution in [0.2, 0.25) is 0 Å². The molecular formula is C20H13N3OS. The Morgan fingerprint density at radius 1 is 1.00 bits per heavy atom. The molecule has 2 N–H and O–H groups in total. The Morgan fingerprint density at radius 3 is 2.80 bits per heavy atom. The van der Waals surface area contributed by atoms with E-state index in [1.807, 2.05) is 60.0 Å². The number of H-pyrrole nitrogens is 1. The highest BCUT2D eigenvalue weighted by Crippen LogP contribution is 2.28. The van der Waals surface area contributed by atoms with Gasteiger partial charge in [0.15, 0.2) is 5.88 Å². The highest BCUT2D eigenvalue weighted by atomic mass is 32.1. The molecule has 3 heterocycles. The lowest BCUT2D eigenvalue weighted by atomic mass is 10.1. The SMILES string of the molecule is Oc1[nH]c2ccccc2c1C=c1ccc2c(c1)N=NC=2c1cccs1. The number of rotatable bonds is 2. The normalized spacial score (nSPS) is 13.8. The summed E-state index contributed by atoms with van der Waals surface area (Å²) in [7, 11) is 0. The molecule has 5 heteroatoms. The Balaban J connectivity index is 1.69. The summed E-state index contributed by atoms with van der Waals surface area (Å²) in [6.45, 7) is 0. The number of nitrogens with one attached hydrogen (secondary N) is 1. The van der Waals surface area contributed by atoms with Crippen molar-refractivity contribution in [3.05, 3.63) is 80.9 Å². The van der Waals surface area contributed by atoms with E-state index in [2.05, 4.69) is 21.3 Å². The van der Waals surface area contributed by atoms with Crippen molar-refractivity contribution in [2.75, 3.05) is 0 Å². The average molecular weight is 343 g/mol. The summed E-state index contributed by atoms with van der Waals surface area (Å²) in [5.41, 5.74) is 3.48. The maximum Gasteiger partial charge on any atom is 0.196 e. The third kappa shape index (κ3) is 2.28. The number of aromatic amines is 1. The van der Waals surface area contributed by atoms with E-state index in [1.54, 1.807) is 11.3 Å². The molecule has 1 aliphatic rings. The molecule has 0 bridgehead atoms. The Labute approximate surface area is 147 Å². The smallest absolute Gasteiger partial charge is 0.196 e. The molecule has 0 saturated heterocycles. The molecule has 1 aliphatic heterocycles. The third-order valence-electron chi connectivity index (χ3n) is 4.33. The van der Waals surface area contributed by atoms with Crippen molar-refractivity contribution < 1.29 is 5.11 Å². The molecule has 2 aromatic heterocycles. The minimum Gasteiger partial charge on any atom is -0.494 e. The minimum absolute atomic E-state index is 0.175. The van der Waals surface area contributed by atoms with Crippen molar-refractivity contribution in [3.8, 4) is 5.88 Å². The van der Waals surface area contributed by atoms with Crippen LogP contribution in [0.1, 0.15) is 10.4 Å². The predicted octanol–water partition coefficient (Wildman–Crippen LogP) is 4.02. The zero-order valence-electron chi connectivity index (χ0n) is 13.1. The van der Waals surface area contributed by atoms with E-state index >= 15 is 0 Å². The molecule has 5 rings (SSSR count). The third-order valence-corrected chi connectivity index (χ3v) is 5.20. The van der Waals surface area contributed by atoms with Gasteiger partial charge in [-0.15, -0.1) is 21.6 Å². The Morgan fingerprint density at radius 2 is 1.92 bits per heavy atom. The second-order valence-corrected chi connectivity index (χ2v) is 6.83. The summed E-state index contributed by atoms with van der Waals surface area (Å²) in [5.74, 6) is 0.175. The molecule has 0 fully saturated rings. The zero-order chi connectivity index (χ0) is 16.8. The Hall–Kier alpha value is -3.18.